The van der Waals surface area contributed by atoms with Gasteiger partial charge < -0.3 is 5.32 Å². The van der Waals surface area contributed by atoms with Crippen molar-refractivity contribution in [3.8, 4) is 0 Å². The summed E-state index contributed by atoms with van der Waals surface area (Å²) in [6, 6.07) is 13.0. The molecule has 0 aliphatic rings. The van der Waals surface area contributed by atoms with E-state index in [1.165, 1.54) is 16.7 Å². The molecule has 0 fully saturated rings. The van der Waals surface area contributed by atoms with E-state index >= 15 is 0 Å². The van der Waals surface area contributed by atoms with Crippen LogP contribution in [0.15, 0.2) is 36.4 Å². The minimum absolute atomic E-state index is 0.278. The zero-order chi connectivity index (χ0) is 14.5. The highest BCUT2D eigenvalue weighted by Gasteiger charge is 2.15. The van der Waals surface area contributed by atoms with Gasteiger partial charge in [-0.1, -0.05) is 31.2 Å². The van der Waals surface area contributed by atoms with Crippen LogP contribution in [0.5, 0.6) is 0 Å². The zero-order valence-electron chi connectivity index (χ0n) is 12.9. The second-order valence-electron chi connectivity index (χ2n) is 5.39. The summed E-state index contributed by atoms with van der Waals surface area (Å²) in [5.74, 6) is 0. The molecule has 1 N–H and O–H groups in total. The van der Waals surface area contributed by atoms with Crippen LogP contribution in [-0.4, -0.2) is 11.5 Å². The van der Waals surface area contributed by atoms with Gasteiger partial charge in [-0.25, -0.2) is 0 Å². The van der Waals surface area contributed by atoms with E-state index in [0.29, 0.717) is 0 Å². The molecule has 1 atom stereocenters. The third kappa shape index (κ3) is 3.45. The van der Waals surface area contributed by atoms with Gasteiger partial charge in [0.25, 0.3) is 0 Å². The Labute approximate surface area is 122 Å². The number of nitrogens with zero attached hydrogens (tertiary/aromatic N) is 1. The summed E-state index contributed by atoms with van der Waals surface area (Å²) in [4.78, 5) is 4.69. The lowest BCUT2D eigenvalue weighted by molar-refractivity contribution is 0.533. The van der Waals surface area contributed by atoms with Crippen molar-refractivity contribution < 1.29 is 0 Å². The largest absolute Gasteiger partial charge is 0.309 e. The molecule has 1 heterocycles. The van der Waals surface area contributed by atoms with Gasteiger partial charge in [-0.15, -0.1) is 0 Å². The molecule has 0 spiro atoms. The summed E-state index contributed by atoms with van der Waals surface area (Å²) in [5, 5.41) is 3.57. The molecule has 1 aromatic carbocycles. The third-order valence-electron chi connectivity index (χ3n) is 3.77. The van der Waals surface area contributed by atoms with E-state index in [-0.39, 0.29) is 6.04 Å². The number of rotatable bonds is 5. The average Bonchev–Trinajstić information content (AvgIpc) is 2.42. The summed E-state index contributed by atoms with van der Waals surface area (Å²) in [6.45, 7) is 9.52. The topological polar surface area (TPSA) is 24.9 Å². The van der Waals surface area contributed by atoms with Gasteiger partial charge in [0.1, 0.15) is 0 Å². The molecule has 0 saturated carbocycles. The van der Waals surface area contributed by atoms with Crippen molar-refractivity contribution in [2.45, 2.75) is 40.2 Å². The first-order valence-electron chi connectivity index (χ1n) is 7.34. The SMILES string of the molecule is CCNC(Cc1c(C)cccc1C)c1cccc(C)n1. The standard InChI is InChI=1S/C18H24N2/c1-5-19-18(17-11-7-10-15(4)20-17)12-16-13(2)8-6-9-14(16)3/h6-11,18-19H,5,12H2,1-4H3. The Morgan fingerprint density at radius 3 is 2.25 bits per heavy atom. The summed E-state index contributed by atoms with van der Waals surface area (Å²) in [6.07, 6.45) is 0.989. The highest BCUT2D eigenvalue weighted by Crippen LogP contribution is 2.22. The van der Waals surface area contributed by atoms with E-state index in [0.717, 1.165) is 24.4 Å². The van der Waals surface area contributed by atoms with Crippen molar-refractivity contribution in [3.63, 3.8) is 0 Å². The highest BCUT2D eigenvalue weighted by molar-refractivity contribution is 5.35. The molecular formula is C18H24N2. The van der Waals surface area contributed by atoms with Crippen LogP contribution in [-0.2, 0) is 6.42 Å². The van der Waals surface area contributed by atoms with E-state index < -0.39 is 0 Å². The van der Waals surface area contributed by atoms with Gasteiger partial charge in [0, 0.05) is 5.69 Å². The summed E-state index contributed by atoms with van der Waals surface area (Å²) >= 11 is 0. The molecule has 0 aliphatic carbocycles. The van der Waals surface area contributed by atoms with Crippen LogP contribution in [0, 0.1) is 20.8 Å². The Bertz CT molecular complexity index is 555. The minimum atomic E-state index is 0.278. The average molecular weight is 268 g/mol. The van der Waals surface area contributed by atoms with Gasteiger partial charge in [0.05, 0.1) is 11.7 Å². The van der Waals surface area contributed by atoms with Crippen molar-refractivity contribution >= 4 is 0 Å². The second-order valence-corrected chi connectivity index (χ2v) is 5.39. The number of nitrogens with one attached hydrogen (secondary N) is 1. The van der Waals surface area contributed by atoms with Crippen LogP contribution in [0.3, 0.4) is 0 Å². The van der Waals surface area contributed by atoms with E-state index in [4.69, 9.17) is 0 Å². The number of benzene rings is 1. The molecule has 2 heteroatoms. The van der Waals surface area contributed by atoms with Crippen molar-refractivity contribution in [2.24, 2.45) is 0 Å². The first-order valence-corrected chi connectivity index (χ1v) is 7.34. The molecular weight excluding hydrogens is 244 g/mol. The molecule has 106 valence electrons. The van der Waals surface area contributed by atoms with Crippen molar-refractivity contribution in [2.75, 3.05) is 6.54 Å². The summed E-state index contributed by atoms with van der Waals surface area (Å²) in [5.41, 5.74) is 6.37. The maximum atomic E-state index is 4.69. The van der Waals surface area contributed by atoms with Crippen LogP contribution in [0.25, 0.3) is 0 Å². The van der Waals surface area contributed by atoms with Crippen LogP contribution in [0.2, 0.25) is 0 Å². The Hall–Kier alpha value is -1.67. The normalized spacial score (nSPS) is 12.4. The maximum Gasteiger partial charge on any atom is 0.0579 e. The molecule has 2 rings (SSSR count). The van der Waals surface area contributed by atoms with Gasteiger partial charge in [-0.3, -0.25) is 4.98 Å². The van der Waals surface area contributed by atoms with Crippen molar-refractivity contribution in [1.29, 1.82) is 0 Å². The molecule has 2 aromatic rings. The number of aromatic nitrogens is 1. The Balaban J connectivity index is 2.30. The van der Waals surface area contributed by atoms with Crippen molar-refractivity contribution in [3.05, 3.63) is 64.5 Å². The van der Waals surface area contributed by atoms with E-state index in [9.17, 15) is 0 Å². The predicted molar refractivity (Wildman–Crippen MR) is 85.0 cm³/mol. The highest BCUT2D eigenvalue weighted by atomic mass is 14.9. The molecule has 2 nitrogen and oxygen atoms in total. The monoisotopic (exact) mass is 268 g/mol. The molecule has 0 amide bonds. The summed E-state index contributed by atoms with van der Waals surface area (Å²) in [7, 11) is 0. The molecule has 0 aliphatic heterocycles. The number of pyridine rings is 1. The van der Waals surface area contributed by atoms with E-state index in [1.807, 2.05) is 13.0 Å². The second kappa shape index (κ2) is 6.67. The molecule has 1 unspecified atom stereocenters. The van der Waals surface area contributed by atoms with Crippen LogP contribution < -0.4 is 5.32 Å². The summed E-state index contributed by atoms with van der Waals surface area (Å²) < 4.78 is 0. The molecule has 1 aromatic heterocycles. The lowest BCUT2D eigenvalue weighted by Crippen LogP contribution is -2.24. The number of hydrogen-bond donors (Lipinski definition) is 1. The zero-order valence-corrected chi connectivity index (χ0v) is 12.9. The molecule has 20 heavy (non-hydrogen) atoms. The molecule has 0 saturated heterocycles. The van der Waals surface area contributed by atoms with Gasteiger partial charge >= 0.3 is 0 Å². The molecule has 0 bridgehead atoms. The van der Waals surface area contributed by atoms with Crippen LogP contribution in [0.4, 0.5) is 0 Å². The van der Waals surface area contributed by atoms with E-state index in [2.05, 4.69) is 61.4 Å². The predicted octanol–water partition coefficient (Wildman–Crippen LogP) is 3.90. The lowest BCUT2D eigenvalue weighted by atomic mass is 9.95. The minimum Gasteiger partial charge on any atom is -0.309 e. The first kappa shape index (κ1) is 14.7. The van der Waals surface area contributed by atoms with E-state index in [1.54, 1.807) is 0 Å². The Morgan fingerprint density at radius 2 is 1.65 bits per heavy atom. The number of aryl methyl sites for hydroxylation is 3. The third-order valence-corrected chi connectivity index (χ3v) is 3.77. The number of hydrogen-bond acceptors (Lipinski definition) is 2. The fraction of sp³-hybridized carbons (Fsp3) is 0.389. The smallest absolute Gasteiger partial charge is 0.0579 e. The van der Waals surface area contributed by atoms with Gasteiger partial charge in [0.2, 0.25) is 0 Å². The quantitative estimate of drug-likeness (QED) is 0.889. The fourth-order valence-electron chi connectivity index (χ4n) is 2.66. The van der Waals surface area contributed by atoms with Crippen LogP contribution >= 0.6 is 0 Å². The van der Waals surface area contributed by atoms with Gasteiger partial charge in [0.15, 0.2) is 0 Å². The first-order chi connectivity index (χ1) is 9.61. The van der Waals surface area contributed by atoms with Gasteiger partial charge in [-0.05, 0) is 62.6 Å². The van der Waals surface area contributed by atoms with Gasteiger partial charge in [-0.2, -0.15) is 0 Å². The fourth-order valence-corrected chi connectivity index (χ4v) is 2.66. The van der Waals surface area contributed by atoms with Crippen molar-refractivity contribution in [1.82, 2.24) is 10.3 Å². The Kier molecular flexibility index (Phi) is 4.91. The number of likely N-dealkylation sites (N-methyl/N-ethyl adjacent to an activating group) is 1. The van der Waals surface area contributed by atoms with Crippen LogP contribution in [0.1, 0.15) is 41.0 Å². The lowest BCUT2D eigenvalue weighted by Gasteiger charge is -2.20. The Morgan fingerprint density at radius 1 is 1.00 bits per heavy atom. The maximum absolute atomic E-state index is 4.69. The molecule has 0 radical (unpaired) electrons.